The molecule has 1 fully saturated rings. The normalized spacial score (nSPS) is 16.3. The van der Waals surface area contributed by atoms with Crippen LogP contribution in [0.2, 0.25) is 0 Å². The minimum Gasteiger partial charge on any atom is -0.467 e. The predicted molar refractivity (Wildman–Crippen MR) is 128 cm³/mol. The highest BCUT2D eigenvalue weighted by atomic mass is 32.2. The van der Waals surface area contributed by atoms with Crippen molar-refractivity contribution in [1.29, 1.82) is 0 Å². The summed E-state index contributed by atoms with van der Waals surface area (Å²) in [7, 11) is -3.39. The van der Waals surface area contributed by atoms with Crippen molar-refractivity contribution >= 4 is 37.5 Å². The summed E-state index contributed by atoms with van der Waals surface area (Å²) in [4.78, 5) is 18.9. The van der Waals surface area contributed by atoms with E-state index in [0.29, 0.717) is 52.7 Å². The Balaban J connectivity index is 1.22. The third kappa shape index (κ3) is 5.51. The Morgan fingerprint density at radius 2 is 1.89 bits per heavy atom. The molecule has 1 aliphatic heterocycles. The molecule has 0 saturated carbocycles. The molecular weight excluding hydrogens is 533 g/mol. The molecule has 0 aliphatic carbocycles. The second-order valence-electron chi connectivity index (χ2n) is 8.70. The van der Waals surface area contributed by atoms with Crippen molar-refractivity contribution in [3.05, 3.63) is 36.3 Å². The lowest BCUT2D eigenvalue weighted by molar-refractivity contribution is -0.146. The largest absolute Gasteiger partial charge is 0.467 e. The summed E-state index contributed by atoms with van der Waals surface area (Å²) >= 11 is 1.30. The van der Waals surface area contributed by atoms with E-state index >= 15 is 0 Å². The smallest absolute Gasteiger partial charge is 0.455 e. The van der Waals surface area contributed by atoms with Crippen LogP contribution in [0.15, 0.2) is 40.0 Å². The number of hydrogen-bond donors (Lipinski definition) is 0. The van der Waals surface area contributed by atoms with Crippen molar-refractivity contribution in [2.75, 3.05) is 24.2 Å². The van der Waals surface area contributed by atoms with Crippen molar-refractivity contribution in [2.24, 2.45) is 5.92 Å². The summed E-state index contributed by atoms with van der Waals surface area (Å²) in [6.07, 6.45) is -0.902. The van der Waals surface area contributed by atoms with Crippen LogP contribution >= 0.6 is 11.3 Å². The van der Waals surface area contributed by atoms with E-state index in [2.05, 4.69) is 25.1 Å². The van der Waals surface area contributed by atoms with E-state index in [9.17, 15) is 21.6 Å². The van der Waals surface area contributed by atoms with Gasteiger partial charge in [0.2, 0.25) is 0 Å². The first-order valence-electron chi connectivity index (χ1n) is 11.2. The van der Waals surface area contributed by atoms with Crippen LogP contribution in [0.4, 0.5) is 19.2 Å². The van der Waals surface area contributed by atoms with Gasteiger partial charge in [-0.3, -0.25) is 0 Å². The van der Waals surface area contributed by atoms with Crippen LogP contribution in [-0.2, 0) is 16.0 Å². The lowest BCUT2D eigenvalue weighted by Gasteiger charge is -2.33. The number of alkyl halides is 3. The summed E-state index contributed by atoms with van der Waals surface area (Å²) in [5, 5.41) is 3.47. The number of halogens is 3. The molecule has 1 saturated heterocycles. The van der Waals surface area contributed by atoms with Crippen molar-refractivity contribution < 1.29 is 30.8 Å². The molecule has 5 rings (SSSR count). The molecule has 15 heteroatoms. The first-order valence-corrected chi connectivity index (χ1v) is 13.9. The zero-order valence-electron chi connectivity index (χ0n) is 19.6. The highest BCUT2D eigenvalue weighted by Crippen LogP contribution is 2.33. The number of sulfone groups is 1. The molecule has 196 valence electrons. The van der Waals surface area contributed by atoms with Gasteiger partial charge in [0.25, 0.3) is 11.0 Å². The molecule has 0 N–H and O–H groups in total. The fourth-order valence-electron chi connectivity index (χ4n) is 4.03. The van der Waals surface area contributed by atoms with Gasteiger partial charge in [0.1, 0.15) is 16.5 Å². The van der Waals surface area contributed by atoms with E-state index in [0.717, 1.165) is 6.26 Å². The molecule has 5 heterocycles. The van der Waals surface area contributed by atoms with Gasteiger partial charge >= 0.3 is 12.2 Å². The van der Waals surface area contributed by atoms with Crippen LogP contribution in [-0.4, -0.2) is 59.0 Å². The standard InChI is InChI=1S/C22H21F3N6O4S2/c1-12(13-7-9-31(10-8-13)20-29-19(30-35-20)22(23,24)25)34-21-28-16-5-4-15(27-18(16)36-21)14-3-6-17(26-11-14)37(2,32)33/h3-6,11-13H,7-10H2,1-2H3. The third-order valence-electron chi connectivity index (χ3n) is 6.08. The summed E-state index contributed by atoms with van der Waals surface area (Å²) in [5.74, 6) is -1.12. The van der Waals surface area contributed by atoms with E-state index in [1.54, 1.807) is 17.0 Å². The first kappa shape index (κ1) is 25.3. The maximum Gasteiger partial charge on any atom is 0.455 e. The van der Waals surface area contributed by atoms with Crippen LogP contribution in [0.1, 0.15) is 25.6 Å². The number of thiazole rings is 1. The molecule has 1 aliphatic rings. The van der Waals surface area contributed by atoms with Crippen molar-refractivity contribution in [3.8, 4) is 16.5 Å². The number of hydrogen-bond acceptors (Lipinski definition) is 11. The molecule has 0 aromatic carbocycles. The van der Waals surface area contributed by atoms with Gasteiger partial charge < -0.3 is 14.2 Å². The van der Waals surface area contributed by atoms with Crippen LogP contribution < -0.4 is 9.64 Å². The van der Waals surface area contributed by atoms with E-state index in [-0.39, 0.29) is 23.1 Å². The number of rotatable bonds is 6. The molecular formula is C22H21F3N6O4S2. The van der Waals surface area contributed by atoms with Gasteiger partial charge in [-0.1, -0.05) is 11.3 Å². The van der Waals surface area contributed by atoms with Crippen molar-refractivity contribution in [3.63, 3.8) is 0 Å². The number of ether oxygens (including phenoxy) is 1. The van der Waals surface area contributed by atoms with Gasteiger partial charge in [-0.25, -0.2) is 23.4 Å². The Hall–Kier alpha value is -3.33. The molecule has 0 amide bonds. The molecule has 1 unspecified atom stereocenters. The Morgan fingerprint density at radius 1 is 1.14 bits per heavy atom. The van der Waals surface area contributed by atoms with Crippen LogP contribution in [0, 0.1) is 5.92 Å². The Bertz CT molecular complexity index is 1510. The zero-order chi connectivity index (χ0) is 26.4. The number of fused-ring (bicyclic) bond motifs is 1. The first-order chi connectivity index (χ1) is 17.5. The average Bonchev–Trinajstić information content (AvgIpc) is 3.50. The Labute approximate surface area is 213 Å². The average molecular weight is 555 g/mol. The molecule has 4 aromatic heterocycles. The number of piperidine rings is 1. The van der Waals surface area contributed by atoms with Gasteiger partial charge in [-0.05, 0) is 55.1 Å². The third-order valence-corrected chi connectivity index (χ3v) is 7.93. The topological polar surface area (TPSA) is 124 Å². The fraction of sp³-hybridized carbons (Fsp3) is 0.409. The SMILES string of the molecule is CC(Oc1nc2ccc(-c3ccc(S(C)(=O)=O)nc3)nc2s1)C1CCN(c2nc(C(F)(F)F)no2)CC1. The van der Waals surface area contributed by atoms with Crippen molar-refractivity contribution in [2.45, 2.75) is 37.1 Å². The van der Waals surface area contributed by atoms with E-state index < -0.39 is 21.8 Å². The molecule has 37 heavy (non-hydrogen) atoms. The molecule has 10 nitrogen and oxygen atoms in total. The highest BCUT2D eigenvalue weighted by Gasteiger charge is 2.38. The van der Waals surface area contributed by atoms with E-state index in [1.165, 1.54) is 23.6 Å². The minimum absolute atomic E-state index is 0.00577. The summed E-state index contributed by atoms with van der Waals surface area (Å²) in [6.45, 7) is 2.87. The van der Waals surface area contributed by atoms with E-state index in [1.807, 2.05) is 13.0 Å². The fourth-order valence-corrected chi connectivity index (χ4v) is 5.46. The van der Waals surface area contributed by atoms with Crippen LogP contribution in [0.5, 0.6) is 5.19 Å². The summed E-state index contributed by atoms with van der Waals surface area (Å²) in [6, 6.07) is 6.56. The van der Waals surface area contributed by atoms with E-state index in [4.69, 9.17) is 9.26 Å². The second kappa shape index (κ2) is 9.52. The van der Waals surface area contributed by atoms with Crippen LogP contribution in [0.3, 0.4) is 0 Å². The molecule has 0 spiro atoms. The van der Waals surface area contributed by atoms with Crippen LogP contribution in [0.25, 0.3) is 21.6 Å². The molecule has 0 radical (unpaired) electrons. The monoisotopic (exact) mass is 554 g/mol. The predicted octanol–water partition coefficient (Wildman–Crippen LogP) is 4.24. The lowest BCUT2D eigenvalue weighted by Crippen LogP contribution is -2.38. The van der Waals surface area contributed by atoms with Gasteiger partial charge in [0.05, 0.1) is 5.69 Å². The van der Waals surface area contributed by atoms with Gasteiger partial charge in [0, 0.05) is 31.1 Å². The zero-order valence-corrected chi connectivity index (χ0v) is 21.3. The molecule has 4 aromatic rings. The van der Waals surface area contributed by atoms with Gasteiger partial charge in [-0.2, -0.15) is 18.2 Å². The Kier molecular flexibility index (Phi) is 6.52. The maximum atomic E-state index is 12.7. The maximum absolute atomic E-state index is 12.7. The number of pyridine rings is 2. The highest BCUT2D eigenvalue weighted by molar-refractivity contribution is 7.90. The van der Waals surface area contributed by atoms with Gasteiger partial charge in [-0.15, -0.1) is 0 Å². The lowest BCUT2D eigenvalue weighted by atomic mass is 9.92. The number of aromatic nitrogens is 5. The summed E-state index contributed by atoms with van der Waals surface area (Å²) < 4.78 is 72.3. The second-order valence-corrected chi connectivity index (χ2v) is 11.6. The molecule has 1 atom stereocenters. The summed E-state index contributed by atoms with van der Waals surface area (Å²) in [5.41, 5.74) is 1.97. The Morgan fingerprint density at radius 3 is 2.51 bits per heavy atom. The quantitative estimate of drug-likeness (QED) is 0.342. The number of nitrogens with zero attached hydrogens (tertiary/aromatic N) is 6. The molecule has 0 bridgehead atoms. The van der Waals surface area contributed by atoms with Crippen molar-refractivity contribution in [1.82, 2.24) is 25.1 Å². The minimum atomic E-state index is -4.64. The number of anilines is 1. The van der Waals surface area contributed by atoms with Gasteiger partial charge in [0.15, 0.2) is 14.9 Å².